The highest BCUT2D eigenvalue weighted by atomic mass is 79.9. The number of carbonyl (C=O) groups excluding carboxylic acids is 1. The molecule has 0 fully saturated rings. The number of rotatable bonds is 6. The average molecular weight is 315 g/mol. The minimum atomic E-state index is -0.467. The maximum atomic E-state index is 13.2. The summed E-state index contributed by atoms with van der Waals surface area (Å²) in [6.07, 6.45) is 1.42. The third-order valence-electron chi connectivity index (χ3n) is 2.22. The third kappa shape index (κ3) is 4.73. The van der Waals surface area contributed by atoms with E-state index in [4.69, 9.17) is 5.53 Å². The lowest BCUT2D eigenvalue weighted by molar-refractivity contribution is 0.0952. The van der Waals surface area contributed by atoms with Crippen LogP contribution in [-0.4, -0.2) is 19.0 Å². The highest BCUT2D eigenvalue weighted by Gasteiger charge is 2.07. The van der Waals surface area contributed by atoms with E-state index in [9.17, 15) is 9.18 Å². The predicted molar refractivity (Wildman–Crippen MR) is 69.7 cm³/mol. The number of halogens is 2. The van der Waals surface area contributed by atoms with Gasteiger partial charge in [0.2, 0.25) is 0 Å². The number of nitrogens with one attached hydrogen (secondary N) is 1. The first-order valence-corrected chi connectivity index (χ1v) is 6.18. The Labute approximate surface area is 112 Å². The second-order valence-corrected chi connectivity index (χ2v) is 4.40. The number of nitrogens with zero attached hydrogens (tertiary/aromatic N) is 3. The quantitative estimate of drug-likeness (QED) is 0.371. The van der Waals surface area contributed by atoms with Gasteiger partial charge in [-0.1, -0.05) is 5.11 Å². The smallest absolute Gasteiger partial charge is 0.251 e. The van der Waals surface area contributed by atoms with E-state index in [0.717, 1.165) is 0 Å². The van der Waals surface area contributed by atoms with Gasteiger partial charge >= 0.3 is 0 Å². The molecule has 0 aliphatic rings. The Morgan fingerprint density at radius 3 is 2.94 bits per heavy atom. The molecule has 0 bridgehead atoms. The van der Waals surface area contributed by atoms with Crippen molar-refractivity contribution >= 4 is 21.8 Å². The van der Waals surface area contributed by atoms with E-state index >= 15 is 0 Å². The van der Waals surface area contributed by atoms with Crippen LogP contribution in [0.25, 0.3) is 10.4 Å². The van der Waals surface area contributed by atoms with Crippen LogP contribution in [0.2, 0.25) is 0 Å². The van der Waals surface area contributed by atoms with E-state index in [0.29, 0.717) is 30.4 Å². The molecule has 18 heavy (non-hydrogen) atoms. The SMILES string of the molecule is [N-]=[N+]=NCCCCNC(=O)c1ccc(Br)c(F)c1. The molecule has 0 atom stereocenters. The highest BCUT2D eigenvalue weighted by Crippen LogP contribution is 2.16. The minimum Gasteiger partial charge on any atom is -0.352 e. The standard InChI is InChI=1S/C11H12BrFN4O/c12-9-4-3-8(7-10(9)13)11(18)15-5-1-2-6-16-17-14/h3-4,7H,1-2,5-6H2,(H,15,18). The maximum Gasteiger partial charge on any atom is 0.251 e. The molecule has 0 saturated carbocycles. The van der Waals surface area contributed by atoms with Crippen LogP contribution in [0.4, 0.5) is 4.39 Å². The van der Waals surface area contributed by atoms with Crippen molar-refractivity contribution < 1.29 is 9.18 Å². The van der Waals surface area contributed by atoms with E-state index in [-0.39, 0.29) is 11.5 Å². The van der Waals surface area contributed by atoms with Crippen molar-refractivity contribution in [2.24, 2.45) is 5.11 Å². The molecule has 1 N–H and O–H groups in total. The van der Waals surface area contributed by atoms with Gasteiger partial charge in [0.25, 0.3) is 5.91 Å². The Morgan fingerprint density at radius 2 is 2.28 bits per heavy atom. The summed E-state index contributed by atoms with van der Waals surface area (Å²) in [5.41, 5.74) is 8.34. The molecule has 0 saturated heterocycles. The number of unbranched alkanes of at least 4 members (excludes halogenated alkanes) is 1. The summed E-state index contributed by atoms with van der Waals surface area (Å²) in [4.78, 5) is 14.2. The molecular formula is C11H12BrFN4O. The molecule has 1 aromatic rings. The summed E-state index contributed by atoms with van der Waals surface area (Å²) in [6.45, 7) is 0.886. The zero-order valence-electron chi connectivity index (χ0n) is 9.57. The molecule has 0 aromatic heterocycles. The van der Waals surface area contributed by atoms with Crippen molar-refractivity contribution in [1.29, 1.82) is 0 Å². The first-order chi connectivity index (χ1) is 8.65. The zero-order valence-corrected chi connectivity index (χ0v) is 11.2. The molecule has 0 heterocycles. The van der Waals surface area contributed by atoms with Crippen molar-refractivity contribution in [3.63, 3.8) is 0 Å². The molecule has 96 valence electrons. The van der Waals surface area contributed by atoms with Crippen LogP contribution >= 0.6 is 15.9 Å². The summed E-state index contributed by atoms with van der Waals surface area (Å²) >= 11 is 3.02. The van der Waals surface area contributed by atoms with Gasteiger partial charge in [-0.2, -0.15) is 0 Å². The molecule has 0 aliphatic heterocycles. The van der Waals surface area contributed by atoms with Crippen molar-refractivity contribution in [3.8, 4) is 0 Å². The molecule has 1 amide bonds. The van der Waals surface area contributed by atoms with E-state index < -0.39 is 5.82 Å². The number of azide groups is 1. The summed E-state index contributed by atoms with van der Waals surface area (Å²) < 4.78 is 13.5. The Balaban J connectivity index is 2.36. The van der Waals surface area contributed by atoms with Crippen molar-refractivity contribution in [3.05, 3.63) is 44.5 Å². The predicted octanol–water partition coefficient (Wildman–Crippen LogP) is 3.41. The monoisotopic (exact) mass is 314 g/mol. The summed E-state index contributed by atoms with van der Waals surface area (Å²) in [6, 6.07) is 4.22. The minimum absolute atomic E-state index is 0.283. The molecule has 1 rings (SSSR count). The molecule has 7 heteroatoms. The molecule has 0 spiro atoms. The first kappa shape index (κ1) is 14.5. The van der Waals surface area contributed by atoms with Gasteiger partial charge in [0.05, 0.1) is 4.47 Å². The van der Waals surface area contributed by atoms with Gasteiger partial charge < -0.3 is 5.32 Å². The Hall–Kier alpha value is -1.59. The largest absolute Gasteiger partial charge is 0.352 e. The normalized spacial score (nSPS) is 9.67. The van der Waals surface area contributed by atoms with Crippen LogP contribution in [0.3, 0.4) is 0 Å². The fraction of sp³-hybridized carbons (Fsp3) is 0.364. The lowest BCUT2D eigenvalue weighted by Gasteiger charge is -2.05. The summed E-state index contributed by atoms with van der Waals surface area (Å²) in [5, 5.41) is 6.05. The highest BCUT2D eigenvalue weighted by molar-refractivity contribution is 9.10. The second kappa shape index (κ2) is 7.68. The van der Waals surface area contributed by atoms with Crippen molar-refractivity contribution in [2.45, 2.75) is 12.8 Å². The van der Waals surface area contributed by atoms with Gasteiger partial charge in [-0.25, -0.2) is 4.39 Å². The van der Waals surface area contributed by atoms with Crippen LogP contribution in [0.5, 0.6) is 0 Å². The summed E-state index contributed by atoms with van der Waals surface area (Å²) in [5.74, 6) is -0.781. The van der Waals surface area contributed by atoms with Crippen molar-refractivity contribution in [2.75, 3.05) is 13.1 Å². The Kier molecular flexibility index (Phi) is 6.18. The first-order valence-electron chi connectivity index (χ1n) is 5.39. The Morgan fingerprint density at radius 1 is 1.50 bits per heavy atom. The van der Waals surface area contributed by atoms with Gasteiger partial charge in [0.1, 0.15) is 5.82 Å². The lowest BCUT2D eigenvalue weighted by Crippen LogP contribution is -2.24. The van der Waals surface area contributed by atoms with Crippen molar-refractivity contribution in [1.82, 2.24) is 5.32 Å². The fourth-order valence-electron chi connectivity index (χ4n) is 1.29. The third-order valence-corrected chi connectivity index (χ3v) is 2.86. The van der Waals surface area contributed by atoms with Crippen LogP contribution in [0, 0.1) is 5.82 Å². The van der Waals surface area contributed by atoms with Crippen LogP contribution < -0.4 is 5.32 Å². The van der Waals surface area contributed by atoms with Crippen LogP contribution in [0.1, 0.15) is 23.2 Å². The van der Waals surface area contributed by atoms with E-state index in [1.54, 1.807) is 6.07 Å². The van der Waals surface area contributed by atoms with Crippen LogP contribution in [0.15, 0.2) is 27.8 Å². The number of carbonyl (C=O) groups is 1. The number of amides is 1. The lowest BCUT2D eigenvalue weighted by atomic mass is 10.2. The van der Waals surface area contributed by atoms with Gasteiger partial charge in [-0.3, -0.25) is 4.79 Å². The van der Waals surface area contributed by atoms with Gasteiger partial charge in [0.15, 0.2) is 0 Å². The molecule has 5 nitrogen and oxygen atoms in total. The Bertz CT molecular complexity index is 474. The molecule has 0 aliphatic carbocycles. The average Bonchev–Trinajstić information content (AvgIpc) is 2.36. The molecule has 0 radical (unpaired) electrons. The van der Waals surface area contributed by atoms with E-state index in [1.165, 1.54) is 12.1 Å². The maximum absolute atomic E-state index is 13.2. The molecular weight excluding hydrogens is 303 g/mol. The van der Waals surface area contributed by atoms with Gasteiger partial charge in [-0.05, 0) is 52.5 Å². The van der Waals surface area contributed by atoms with Gasteiger partial charge in [-0.15, -0.1) is 0 Å². The van der Waals surface area contributed by atoms with E-state index in [2.05, 4.69) is 31.3 Å². The summed E-state index contributed by atoms with van der Waals surface area (Å²) in [7, 11) is 0. The molecule has 0 unspecified atom stereocenters. The number of benzene rings is 1. The zero-order chi connectivity index (χ0) is 13.4. The molecule has 1 aromatic carbocycles. The number of hydrogen-bond donors (Lipinski definition) is 1. The van der Waals surface area contributed by atoms with E-state index in [1.807, 2.05) is 0 Å². The topological polar surface area (TPSA) is 77.9 Å². The second-order valence-electron chi connectivity index (χ2n) is 3.55. The van der Waals surface area contributed by atoms with Crippen LogP contribution in [-0.2, 0) is 0 Å². The number of hydrogen-bond acceptors (Lipinski definition) is 2. The van der Waals surface area contributed by atoms with Gasteiger partial charge in [0, 0.05) is 23.6 Å². The fourth-order valence-corrected chi connectivity index (χ4v) is 1.54.